The van der Waals surface area contributed by atoms with Crippen molar-refractivity contribution < 1.29 is 18.9 Å². The molecule has 0 heterocycles. The number of carbonyl (C=O) groups is 1. The number of hydrogen-bond donors (Lipinski definition) is 1. The second kappa shape index (κ2) is 21.0. The predicted octanol–water partition coefficient (Wildman–Crippen LogP) is 14.5. The minimum Gasteiger partial charge on any atom is -0.386 e. The van der Waals surface area contributed by atoms with Crippen molar-refractivity contribution >= 4 is 184 Å². The van der Waals surface area contributed by atoms with Crippen molar-refractivity contribution in [3.63, 3.8) is 0 Å². The highest BCUT2D eigenvalue weighted by molar-refractivity contribution is 9.19. The maximum absolute atomic E-state index is 13.8. The lowest BCUT2D eigenvalue weighted by atomic mass is 9.59. The average molecular weight is 972 g/mol. The van der Waals surface area contributed by atoms with E-state index in [9.17, 15) is 9.90 Å². The number of aliphatic hydroxyl groups excluding tert-OH is 1. The summed E-state index contributed by atoms with van der Waals surface area (Å²) in [4.78, 5) is 13.8. The summed E-state index contributed by atoms with van der Waals surface area (Å²) in [5.41, 5.74) is 1.89. The highest BCUT2D eigenvalue weighted by Gasteiger charge is 2.52. The Hall–Kier alpha value is 8.75. The van der Waals surface area contributed by atoms with Crippen LogP contribution in [0.1, 0.15) is 40.5 Å². The van der Waals surface area contributed by atoms with Crippen LogP contribution in [-0.4, -0.2) is 29.2 Å². The Kier molecular flexibility index (Phi) is 23.5. The van der Waals surface area contributed by atoms with Gasteiger partial charge in [0.05, 0.1) is 21.2 Å². The van der Waals surface area contributed by atoms with Crippen LogP contribution in [0.2, 0.25) is 0 Å². The van der Waals surface area contributed by atoms with Crippen LogP contribution < -0.4 is 0 Å². The van der Waals surface area contributed by atoms with E-state index in [2.05, 4.69) is 128 Å². The van der Waals surface area contributed by atoms with Gasteiger partial charge in [0.25, 0.3) is 0 Å². The van der Waals surface area contributed by atoms with Gasteiger partial charge in [0.1, 0.15) is 18.0 Å². The average Bonchev–Trinajstić information content (AvgIpc) is 2.84. The van der Waals surface area contributed by atoms with E-state index in [0.29, 0.717) is 6.42 Å². The Balaban J connectivity index is 2.64. The van der Waals surface area contributed by atoms with E-state index in [1.807, 2.05) is 6.92 Å². The van der Waals surface area contributed by atoms with Gasteiger partial charge < -0.3 is 14.2 Å². The first-order valence-electron chi connectivity index (χ1n) is 12.0. The molecule has 2 aliphatic rings. The summed E-state index contributed by atoms with van der Waals surface area (Å²) >= 11 is 0. The van der Waals surface area contributed by atoms with Crippen molar-refractivity contribution in [3.8, 4) is 0 Å². The topological polar surface area (TPSA) is 55.8 Å². The molecule has 0 radical (unpaired) electrons. The largest absolute Gasteiger partial charge is 0.386 e. The summed E-state index contributed by atoms with van der Waals surface area (Å²) in [6.45, 7) is 5.65. The molecular weight excluding hydrogens is 926 g/mol. The van der Waals surface area contributed by atoms with Gasteiger partial charge >= 0.3 is 0 Å². The molecule has 0 aromatic heterocycles. The van der Waals surface area contributed by atoms with Crippen LogP contribution in [0.5, 0.6) is 0 Å². The second-order valence-electron chi connectivity index (χ2n) is 10.1. The highest BCUT2D eigenvalue weighted by atomic mass is 33.2. The molecule has 2 aliphatic carbocycles. The lowest BCUT2D eigenvalue weighted by molar-refractivity contribution is -0.131. The Morgan fingerprint density at radius 2 is 1.27 bits per heavy atom. The Labute approximate surface area is 287 Å². The van der Waals surface area contributed by atoms with Crippen LogP contribution in [0.3, 0.4) is 0 Å². The Morgan fingerprint density at radius 3 is 1.71 bits per heavy atom. The van der Waals surface area contributed by atoms with E-state index in [1.165, 1.54) is 0 Å². The van der Waals surface area contributed by atoms with Gasteiger partial charge in [-0.1, -0.05) is 38.6 Å². The van der Waals surface area contributed by atoms with Gasteiger partial charge in [-0.3, -0.25) is 4.79 Å². The van der Waals surface area contributed by atoms with Crippen molar-refractivity contribution in [1.82, 2.24) is 0 Å². The number of rotatable bonds is 12. The van der Waals surface area contributed by atoms with E-state index in [-0.39, 0.29) is 64.1 Å². The molecule has 21 atom stereocenters. The van der Waals surface area contributed by atoms with Crippen LogP contribution in [0.4, 0.5) is 0 Å². The normalized spacial score (nSPS) is 30.4. The zero-order valence-corrected chi connectivity index (χ0v) is 46.2. The molecule has 240 valence electrons. The SMILES string of the molecule is CC1=C2[C@@H](O)[C@H](OP(P(P)P)P(P)P(P)P)[C@@H](C)C(=O)CC(C[C@@H]1OP(P(P)P(P)P)P(P(P)P)P(P)P)C2(C)C. The van der Waals surface area contributed by atoms with Gasteiger partial charge in [-0.25, -0.2) is 0 Å². The van der Waals surface area contributed by atoms with Crippen LogP contribution in [0.15, 0.2) is 11.1 Å². The van der Waals surface area contributed by atoms with Crippen LogP contribution >= 0.6 is 178 Å². The van der Waals surface area contributed by atoms with Crippen LogP contribution in [-0.2, 0) is 13.8 Å². The van der Waals surface area contributed by atoms with Gasteiger partial charge in [-0.2, -0.15) is 0 Å². The minimum atomic E-state index is -0.839. The van der Waals surface area contributed by atoms with E-state index < -0.39 is 48.2 Å². The number of aliphatic hydroxyl groups is 1. The summed E-state index contributed by atoms with van der Waals surface area (Å²) in [7, 11) is 35.0. The Morgan fingerprint density at radius 1 is 0.780 bits per heavy atom. The number of hydrogen-bond acceptors (Lipinski definition) is 4. The first-order chi connectivity index (χ1) is 18.7. The quantitative estimate of drug-likeness (QED) is 0.156. The van der Waals surface area contributed by atoms with E-state index in [0.717, 1.165) is 17.6 Å². The summed E-state index contributed by atoms with van der Waals surface area (Å²) in [6.07, 6.45) is -0.150. The van der Waals surface area contributed by atoms with Crippen molar-refractivity contribution in [2.24, 2.45) is 17.3 Å². The van der Waals surface area contributed by atoms with Crippen molar-refractivity contribution in [2.45, 2.75) is 58.8 Å². The summed E-state index contributed by atoms with van der Waals surface area (Å²) < 4.78 is 14.2. The summed E-state index contributed by atoms with van der Waals surface area (Å²) in [5.74, 6) is -0.0267. The highest BCUT2D eigenvalue weighted by Crippen LogP contribution is 3.17. The van der Waals surface area contributed by atoms with Crippen LogP contribution in [0.25, 0.3) is 0 Å². The van der Waals surface area contributed by atoms with Crippen LogP contribution in [0, 0.1) is 17.3 Å². The van der Waals surface area contributed by atoms with Gasteiger partial charge in [0.15, 0.2) is 0 Å². The van der Waals surface area contributed by atoms with E-state index in [1.54, 1.807) is 0 Å². The molecule has 2 bridgehead atoms. The summed E-state index contributed by atoms with van der Waals surface area (Å²) in [5, 5.41) is 12.3. The molecule has 1 fully saturated rings. The lowest BCUT2D eigenvalue weighted by Gasteiger charge is -2.51. The fourth-order valence-electron chi connectivity index (χ4n) is 4.98. The monoisotopic (exact) mass is 972 g/mol. The molecule has 0 aromatic carbocycles. The molecule has 41 heavy (non-hydrogen) atoms. The second-order valence-corrected chi connectivity index (χ2v) is 90.9. The third kappa shape index (κ3) is 12.4. The van der Waals surface area contributed by atoms with Gasteiger partial charge in [0.2, 0.25) is 0 Å². The molecule has 1 N–H and O–H groups in total. The Bertz CT molecular complexity index is 909. The van der Waals surface area contributed by atoms with Crippen molar-refractivity contribution in [2.75, 3.05) is 0 Å². The summed E-state index contributed by atoms with van der Waals surface area (Å²) in [6, 6.07) is 0. The first kappa shape index (κ1) is 45.9. The molecule has 4 nitrogen and oxygen atoms in total. The minimum absolute atomic E-state index is 0.0890. The number of ketones is 1. The molecule has 0 spiro atoms. The fraction of sp³-hybridized carbons (Fsp3) is 0.800. The van der Waals surface area contributed by atoms with E-state index >= 15 is 0 Å². The molecule has 0 aromatic rings. The maximum atomic E-state index is 13.8. The molecule has 17 unspecified atom stereocenters. The molecule has 2 rings (SSSR count). The predicted molar refractivity (Wildman–Crippen MR) is 255 cm³/mol. The zero-order valence-electron chi connectivity index (χ0n) is 23.4. The molecule has 0 amide bonds. The molecule has 1 saturated carbocycles. The zero-order chi connectivity index (χ0) is 31.7. The fourth-order valence-corrected chi connectivity index (χ4v) is 145. The van der Waals surface area contributed by atoms with Gasteiger partial charge in [-0.05, 0) is 70.8 Å². The smallest absolute Gasteiger partial charge is 0.138 e. The maximum Gasteiger partial charge on any atom is 0.138 e. The van der Waals surface area contributed by atoms with Crippen molar-refractivity contribution in [3.05, 3.63) is 11.1 Å². The first-order valence-corrected chi connectivity index (χ1v) is 50.3. The number of carbonyl (C=O) groups excluding carboxylic acids is 1. The standard InChI is InChI=1S/C15H46O4P22/c1-7-10(16)5-9-6-11(18-33(40(31)36(24)25)41(37(26)27)38(28)29)8(2)12(15(9,3)4)13(17)14(7)19-32(34(20)21)39(30)35(22)23/h7,9,11,13-14,17H,5-6,20-31H2,1-4H3/t7-,9?,11-,13+,14+,32?,33?,39?,40?/m0/s1. The third-order valence-corrected chi connectivity index (χ3v) is 118. The molecule has 0 aliphatic heterocycles. The van der Waals surface area contributed by atoms with Gasteiger partial charge in [-0.15, -0.1) is 89.3 Å². The lowest BCUT2D eigenvalue weighted by Crippen LogP contribution is -2.51. The number of fused-ring (bicyclic) bond motifs is 2. The number of Topliss-reactive ketones (excluding diaryl/α,β-unsaturated/α-hetero) is 1. The third-order valence-electron chi connectivity index (χ3n) is 7.20. The molecular formula is C15H46O4P22. The van der Waals surface area contributed by atoms with E-state index in [4.69, 9.17) is 9.05 Å². The molecule has 0 saturated heterocycles. The van der Waals surface area contributed by atoms with Crippen molar-refractivity contribution in [1.29, 1.82) is 0 Å². The van der Waals surface area contributed by atoms with Gasteiger partial charge in [0, 0.05) is 33.3 Å². The molecule has 26 heteroatoms.